The standard InChI is InChI=1S/C18H13Cl2NO2/c1-9-5-10(2)17-12(6-9)13(18(22)23)8-16(21-17)11-3-4-14(19)15(20)7-11/h3-8H,1-2H3,(H,22,23). The molecule has 23 heavy (non-hydrogen) atoms. The Labute approximate surface area is 143 Å². The lowest BCUT2D eigenvalue weighted by atomic mass is 10.00. The molecule has 116 valence electrons. The molecule has 0 aliphatic carbocycles. The van der Waals surface area contributed by atoms with Crippen molar-refractivity contribution in [2.75, 3.05) is 0 Å². The molecular weight excluding hydrogens is 333 g/mol. The number of pyridine rings is 1. The molecule has 2 aromatic carbocycles. The van der Waals surface area contributed by atoms with E-state index in [9.17, 15) is 9.90 Å². The fraction of sp³-hybridized carbons (Fsp3) is 0.111. The van der Waals surface area contributed by atoms with Crippen LogP contribution >= 0.6 is 23.2 Å². The van der Waals surface area contributed by atoms with Crippen LogP contribution in [0.25, 0.3) is 22.2 Å². The van der Waals surface area contributed by atoms with E-state index in [1.165, 1.54) is 0 Å². The third-order valence-electron chi connectivity index (χ3n) is 3.69. The number of aromatic nitrogens is 1. The number of rotatable bonds is 2. The molecular formula is C18H13Cl2NO2. The molecule has 5 heteroatoms. The maximum absolute atomic E-state index is 11.7. The Morgan fingerprint density at radius 2 is 1.78 bits per heavy atom. The number of carbonyl (C=O) groups is 1. The highest BCUT2D eigenvalue weighted by molar-refractivity contribution is 6.42. The first kappa shape index (κ1) is 15.8. The monoisotopic (exact) mass is 345 g/mol. The Morgan fingerprint density at radius 1 is 1.04 bits per heavy atom. The predicted molar refractivity (Wildman–Crippen MR) is 93.6 cm³/mol. The van der Waals surface area contributed by atoms with E-state index in [-0.39, 0.29) is 5.56 Å². The molecule has 0 saturated heterocycles. The molecule has 0 bridgehead atoms. The maximum atomic E-state index is 11.7. The first-order chi connectivity index (χ1) is 10.9. The number of carboxylic acids is 1. The maximum Gasteiger partial charge on any atom is 0.336 e. The summed E-state index contributed by atoms with van der Waals surface area (Å²) in [4.78, 5) is 16.3. The second-order valence-corrected chi connectivity index (χ2v) is 6.28. The van der Waals surface area contributed by atoms with Crippen LogP contribution < -0.4 is 0 Å². The highest BCUT2D eigenvalue weighted by Gasteiger charge is 2.15. The molecule has 1 N–H and O–H groups in total. The van der Waals surface area contributed by atoms with Crippen molar-refractivity contribution in [3.8, 4) is 11.3 Å². The highest BCUT2D eigenvalue weighted by Crippen LogP contribution is 2.31. The van der Waals surface area contributed by atoms with Gasteiger partial charge in [-0.3, -0.25) is 0 Å². The average Bonchev–Trinajstić information content (AvgIpc) is 2.49. The van der Waals surface area contributed by atoms with Crippen molar-refractivity contribution in [2.24, 2.45) is 0 Å². The molecule has 3 rings (SSSR count). The van der Waals surface area contributed by atoms with Gasteiger partial charge in [0.25, 0.3) is 0 Å². The smallest absolute Gasteiger partial charge is 0.336 e. The Kier molecular flexibility index (Phi) is 4.00. The van der Waals surface area contributed by atoms with Gasteiger partial charge in [-0.25, -0.2) is 9.78 Å². The highest BCUT2D eigenvalue weighted by atomic mass is 35.5. The average molecular weight is 346 g/mol. The van der Waals surface area contributed by atoms with Crippen molar-refractivity contribution in [3.63, 3.8) is 0 Å². The molecule has 0 unspecified atom stereocenters. The van der Waals surface area contributed by atoms with E-state index in [1.807, 2.05) is 26.0 Å². The molecule has 0 radical (unpaired) electrons. The van der Waals surface area contributed by atoms with Gasteiger partial charge in [-0.05, 0) is 43.7 Å². The van der Waals surface area contributed by atoms with Gasteiger partial charge in [-0.1, -0.05) is 40.9 Å². The van der Waals surface area contributed by atoms with Crippen LogP contribution in [0.15, 0.2) is 36.4 Å². The lowest BCUT2D eigenvalue weighted by Gasteiger charge is -2.11. The number of carboxylic acid groups (broad SMARTS) is 1. The van der Waals surface area contributed by atoms with Gasteiger partial charge in [0.1, 0.15) is 0 Å². The number of benzene rings is 2. The van der Waals surface area contributed by atoms with Crippen LogP contribution in [0.3, 0.4) is 0 Å². The van der Waals surface area contributed by atoms with Gasteiger partial charge in [-0.2, -0.15) is 0 Å². The molecule has 1 aromatic heterocycles. The second kappa shape index (κ2) is 5.84. The van der Waals surface area contributed by atoms with Gasteiger partial charge >= 0.3 is 5.97 Å². The minimum atomic E-state index is -0.983. The summed E-state index contributed by atoms with van der Waals surface area (Å²) in [5.41, 5.74) is 4.12. The van der Waals surface area contributed by atoms with Crippen molar-refractivity contribution in [2.45, 2.75) is 13.8 Å². The van der Waals surface area contributed by atoms with E-state index in [0.717, 1.165) is 16.7 Å². The first-order valence-corrected chi connectivity index (χ1v) is 7.73. The number of aryl methyl sites for hydroxylation is 2. The lowest BCUT2D eigenvalue weighted by Crippen LogP contribution is -2.01. The summed E-state index contributed by atoms with van der Waals surface area (Å²) in [6.45, 7) is 3.86. The van der Waals surface area contributed by atoms with Crippen molar-refractivity contribution in [1.82, 2.24) is 4.98 Å². The van der Waals surface area contributed by atoms with Gasteiger partial charge in [0.05, 0.1) is 26.8 Å². The normalized spacial score (nSPS) is 11.0. The summed E-state index contributed by atoms with van der Waals surface area (Å²) in [5.74, 6) is -0.983. The molecule has 3 nitrogen and oxygen atoms in total. The summed E-state index contributed by atoms with van der Waals surface area (Å²) in [6.07, 6.45) is 0. The van der Waals surface area contributed by atoms with Gasteiger partial charge in [0.15, 0.2) is 0 Å². The number of nitrogens with zero attached hydrogens (tertiary/aromatic N) is 1. The first-order valence-electron chi connectivity index (χ1n) is 6.97. The fourth-order valence-electron chi connectivity index (χ4n) is 2.66. The van der Waals surface area contributed by atoms with Crippen molar-refractivity contribution in [3.05, 3.63) is 63.1 Å². The number of hydrogen-bond donors (Lipinski definition) is 1. The van der Waals surface area contributed by atoms with E-state index in [0.29, 0.717) is 26.6 Å². The van der Waals surface area contributed by atoms with Crippen molar-refractivity contribution >= 4 is 40.1 Å². The zero-order valence-electron chi connectivity index (χ0n) is 12.5. The zero-order valence-corrected chi connectivity index (χ0v) is 14.0. The number of halogens is 2. The third-order valence-corrected chi connectivity index (χ3v) is 4.43. The molecule has 1 heterocycles. The van der Waals surface area contributed by atoms with E-state index >= 15 is 0 Å². The van der Waals surface area contributed by atoms with E-state index in [4.69, 9.17) is 23.2 Å². The van der Waals surface area contributed by atoms with E-state index < -0.39 is 5.97 Å². The molecule has 0 saturated carbocycles. The van der Waals surface area contributed by atoms with Gasteiger partial charge < -0.3 is 5.11 Å². The minimum Gasteiger partial charge on any atom is -0.478 e. The van der Waals surface area contributed by atoms with Crippen LogP contribution in [0, 0.1) is 13.8 Å². The summed E-state index contributed by atoms with van der Waals surface area (Å²) < 4.78 is 0. The summed E-state index contributed by atoms with van der Waals surface area (Å²) >= 11 is 12.0. The fourth-order valence-corrected chi connectivity index (χ4v) is 2.96. The molecule has 0 atom stereocenters. The molecule has 0 aliphatic rings. The van der Waals surface area contributed by atoms with Crippen LogP contribution in [-0.2, 0) is 0 Å². The van der Waals surface area contributed by atoms with Crippen LogP contribution in [0.2, 0.25) is 10.0 Å². The van der Waals surface area contributed by atoms with Crippen molar-refractivity contribution < 1.29 is 9.90 Å². The predicted octanol–water partition coefficient (Wildman–Crippen LogP) is 5.52. The molecule has 3 aromatic rings. The quantitative estimate of drug-likeness (QED) is 0.664. The van der Waals surface area contributed by atoms with Crippen LogP contribution in [0.1, 0.15) is 21.5 Å². The van der Waals surface area contributed by atoms with Crippen LogP contribution in [-0.4, -0.2) is 16.1 Å². The Hall–Kier alpha value is -2.10. The van der Waals surface area contributed by atoms with Crippen molar-refractivity contribution in [1.29, 1.82) is 0 Å². The summed E-state index contributed by atoms with van der Waals surface area (Å²) in [6, 6.07) is 10.5. The van der Waals surface area contributed by atoms with Gasteiger partial charge in [0.2, 0.25) is 0 Å². The molecule has 0 spiro atoms. The Balaban J connectivity index is 2.34. The Morgan fingerprint density at radius 3 is 2.43 bits per heavy atom. The number of aromatic carboxylic acids is 1. The summed E-state index contributed by atoms with van der Waals surface area (Å²) in [7, 11) is 0. The Bertz CT molecular complexity index is 951. The number of fused-ring (bicyclic) bond motifs is 1. The lowest BCUT2D eigenvalue weighted by molar-refractivity contribution is 0.0699. The van der Waals surface area contributed by atoms with Gasteiger partial charge in [0, 0.05) is 10.9 Å². The third kappa shape index (κ3) is 2.90. The summed E-state index contributed by atoms with van der Waals surface area (Å²) in [5, 5.41) is 11.0. The van der Waals surface area contributed by atoms with E-state index in [1.54, 1.807) is 24.3 Å². The minimum absolute atomic E-state index is 0.225. The second-order valence-electron chi connectivity index (χ2n) is 5.47. The SMILES string of the molecule is Cc1cc(C)c2nc(-c3ccc(Cl)c(Cl)c3)cc(C(=O)O)c2c1. The molecule has 0 aliphatic heterocycles. The molecule has 0 amide bonds. The zero-order chi connectivity index (χ0) is 16.7. The van der Waals surface area contributed by atoms with E-state index in [2.05, 4.69) is 4.98 Å². The van der Waals surface area contributed by atoms with Crippen LogP contribution in [0.5, 0.6) is 0 Å². The topological polar surface area (TPSA) is 50.2 Å². The number of hydrogen-bond acceptors (Lipinski definition) is 2. The van der Waals surface area contributed by atoms with Gasteiger partial charge in [-0.15, -0.1) is 0 Å². The van der Waals surface area contributed by atoms with Crippen LogP contribution in [0.4, 0.5) is 0 Å². The largest absolute Gasteiger partial charge is 0.478 e. The molecule has 0 fully saturated rings.